The van der Waals surface area contributed by atoms with Gasteiger partial charge in [-0.25, -0.2) is 4.79 Å². The van der Waals surface area contributed by atoms with Gasteiger partial charge in [0, 0.05) is 19.8 Å². The Hall–Kier alpha value is -1.26. The molecule has 0 aliphatic heterocycles. The van der Waals surface area contributed by atoms with Gasteiger partial charge in [-0.2, -0.15) is 0 Å². The van der Waals surface area contributed by atoms with Crippen LogP contribution in [0, 0.1) is 0 Å². The summed E-state index contributed by atoms with van der Waals surface area (Å²) in [6.07, 6.45) is 1.54. The minimum Gasteiger partial charge on any atom is -0.467 e. The van der Waals surface area contributed by atoms with E-state index in [1.807, 2.05) is 0 Å². The van der Waals surface area contributed by atoms with Crippen LogP contribution in [-0.2, 0) is 33.3 Å². The third-order valence-corrected chi connectivity index (χ3v) is 2.71. The number of nitrogens with one attached hydrogen (secondary N) is 1. The molecule has 0 aromatic carbocycles. The Balaban J connectivity index is 3.16. The smallest absolute Gasteiger partial charge is 0.331 e. The molecule has 0 saturated carbocycles. The van der Waals surface area contributed by atoms with Crippen molar-refractivity contribution < 1.29 is 33.3 Å². The number of nitrogens with two attached hydrogens (primary N) is 1. The Kier molecular flexibility index (Phi) is 17.1. The van der Waals surface area contributed by atoms with Gasteiger partial charge in [-0.3, -0.25) is 4.79 Å². The second kappa shape index (κ2) is 18.1. The van der Waals surface area contributed by atoms with E-state index in [1.165, 1.54) is 7.11 Å². The fourth-order valence-electron chi connectivity index (χ4n) is 1.47. The van der Waals surface area contributed by atoms with Crippen molar-refractivity contribution in [2.75, 3.05) is 73.1 Å². The summed E-state index contributed by atoms with van der Waals surface area (Å²) in [4.78, 5) is 22.1. The van der Waals surface area contributed by atoms with Crippen LogP contribution < -0.4 is 11.1 Å². The van der Waals surface area contributed by atoms with Gasteiger partial charge in [-0.15, -0.1) is 0 Å². The molecule has 1 amide bonds. The summed E-state index contributed by atoms with van der Waals surface area (Å²) >= 11 is 0. The van der Waals surface area contributed by atoms with Crippen molar-refractivity contribution in [3.63, 3.8) is 0 Å². The molecule has 0 radical (unpaired) electrons. The number of carbonyl (C=O) groups excluding carboxylic acids is 2. The summed E-state index contributed by atoms with van der Waals surface area (Å²) in [5, 5.41) is 2.66. The molecule has 0 fully saturated rings. The number of hydrogen-bond donors (Lipinski definition) is 2. The summed E-state index contributed by atoms with van der Waals surface area (Å²) in [6, 6.07) is 0. The molecule has 0 bridgehead atoms. The highest BCUT2D eigenvalue weighted by Gasteiger charge is 2.04. The van der Waals surface area contributed by atoms with E-state index in [0.717, 1.165) is 6.42 Å². The zero-order chi connectivity index (χ0) is 17.9. The highest BCUT2D eigenvalue weighted by molar-refractivity contribution is 5.77. The van der Waals surface area contributed by atoms with Crippen LogP contribution in [0.15, 0.2) is 0 Å². The van der Waals surface area contributed by atoms with Gasteiger partial charge in [0.15, 0.2) is 0 Å². The molecule has 0 heterocycles. The molecule has 24 heavy (non-hydrogen) atoms. The quantitative estimate of drug-likeness (QED) is 0.255. The van der Waals surface area contributed by atoms with Crippen molar-refractivity contribution in [2.45, 2.75) is 12.8 Å². The topological polar surface area (TPSA) is 118 Å². The number of methoxy groups -OCH3 is 1. The summed E-state index contributed by atoms with van der Waals surface area (Å²) in [6.45, 7) is 4.01. The second-order valence-corrected chi connectivity index (χ2v) is 4.75. The van der Waals surface area contributed by atoms with Crippen LogP contribution in [0.4, 0.5) is 0 Å². The Morgan fingerprint density at radius 1 is 0.833 bits per heavy atom. The monoisotopic (exact) mass is 350 g/mol. The number of hydrogen-bond acceptors (Lipinski definition) is 8. The lowest BCUT2D eigenvalue weighted by molar-refractivity contribution is -0.147. The summed E-state index contributed by atoms with van der Waals surface area (Å²) in [7, 11) is 1.26. The van der Waals surface area contributed by atoms with Crippen molar-refractivity contribution >= 4 is 11.9 Å². The molecule has 0 unspecified atom stereocenters. The minimum atomic E-state index is -0.513. The van der Waals surface area contributed by atoms with Gasteiger partial charge in [-0.1, -0.05) is 0 Å². The second-order valence-electron chi connectivity index (χ2n) is 4.75. The number of amides is 1. The van der Waals surface area contributed by atoms with Gasteiger partial charge in [0.2, 0.25) is 5.91 Å². The van der Waals surface area contributed by atoms with Crippen LogP contribution in [0.1, 0.15) is 12.8 Å². The number of rotatable bonds is 17. The molecular formula is C15H30N2O7. The molecule has 142 valence electrons. The summed E-state index contributed by atoms with van der Waals surface area (Å²) in [5.74, 6) is -0.794. The van der Waals surface area contributed by atoms with Crippen LogP contribution >= 0.6 is 0 Å². The molecule has 0 saturated heterocycles. The maximum atomic E-state index is 11.3. The van der Waals surface area contributed by atoms with E-state index in [1.54, 1.807) is 0 Å². The largest absolute Gasteiger partial charge is 0.467 e. The molecule has 3 N–H and O–H groups in total. The van der Waals surface area contributed by atoms with Crippen molar-refractivity contribution in [1.82, 2.24) is 5.32 Å². The van der Waals surface area contributed by atoms with E-state index in [9.17, 15) is 9.59 Å². The maximum Gasteiger partial charge on any atom is 0.331 e. The first kappa shape index (κ1) is 22.7. The molecule has 9 heteroatoms. The highest BCUT2D eigenvalue weighted by atomic mass is 16.6. The lowest BCUT2D eigenvalue weighted by Gasteiger charge is -2.07. The van der Waals surface area contributed by atoms with Gasteiger partial charge < -0.3 is 34.7 Å². The molecule has 0 aromatic rings. The summed E-state index contributed by atoms with van der Waals surface area (Å²) < 4.78 is 25.2. The van der Waals surface area contributed by atoms with Gasteiger partial charge in [0.05, 0.1) is 33.5 Å². The lowest BCUT2D eigenvalue weighted by Crippen LogP contribution is -2.30. The van der Waals surface area contributed by atoms with Gasteiger partial charge in [0.25, 0.3) is 0 Å². The van der Waals surface area contributed by atoms with Crippen LogP contribution in [0.5, 0.6) is 0 Å². The van der Waals surface area contributed by atoms with Crippen molar-refractivity contribution in [1.29, 1.82) is 0 Å². The van der Waals surface area contributed by atoms with Crippen molar-refractivity contribution in [3.05, 3.63) is 0 Å². The first-order valence-electron chi connectivity index (χ1n) is 8.05. The van der Waals surface area contributed by atoms with E-state index in [-0.39, 0.29) is 19.1 Å². The molecule has 0 aromatic heterocycles. The van der Waals surface area contributed by atoms with Crippen LogP contribution in [0.3, 0.4) is 0 Å². The van der Waals surface area contributed by atoms with E-state index < -0.39 is 5.97 Å². The van der Waals surface area contributed by atoms with E-state index >= 15 is 0 Å². The average Bonchev–Trinajstić information content (AvgIpc) is 2.58. The number of esters is 1. The first-order valence-corrected chi connectivity index (χ1v) is 8.05. The van der Waals surface area contributed by atoms with Crippen molar-refractivity contribution in [3.8, 4) is 0 Å². The van der Waals surface area contributed by atoms with Crippen LogP contribution in [0.2, 0.25) is 0 Å². The Bertz CT molecular complexity index is 316. The first-order chi connectivity index (χ1) is 11.7. The SMILES string of the molecule is COC(=O)COCC(=O)NCCCOCCOCCOCCCN. The lowest BCUT2D eigenvalue weighted by atomic mass is 10.4. The maximum absolute atomic E-state index is 11.3. The normalized spacial score (nSPS) is 10.6. The zero-order valence-corrected chi connectivity index (χ0v) is 14.4. The fourth-order valence-corrected chi connectivity index (χ4v) is 1.47. The molecule has 0 rings (SSSR count). The van der Waals surface area contributed by atoms with Gasteiger partial charge in [-0.05, 0) is 19.4 Å². The molecule has 0 aliphatic rings. The van der Waals surface area contributed by atoms with E-state index in [4.69, 9.17) is 24.7 Å². The third kappa shape index (κ3) is 17.1. The standard InChI is InChI=1S/C15H30N2O7/c1-20-15(19)13-24-12-14(18)17-5-3-7-22-9-11-23-10-8-21-6-2-4-16/h2-13,16H2,1H3,(H,17,18). The average molecular weight is 350 g/mol. The third-order valence-electron chi connectivity index (χ3n) is 2.71. The van der Waals surface area contributed by atoms with Crippen LogP contribution in [0.25, 0.3) is 0 Å². The van der Waals surface area contributed by atoms with E-state index in [0.29, 0.717) is 59.2 Å². The zero-order valence-electron chi connectivity index (χ0n) is 14.4. The molecule has 0 spiro atoms. The summed E-state index contributed by atoms with van der Waals surface area (Å²) in [5.41, 5.74) is 5.34. The molecule has 0 aliphatic carbocycles. The van der Waals surface area contributed by atoms with E-state index in [2.05, 4.69) is 10.1 Å². The number of ether oxygens (including phenoxy) is 5. The van der Waals surface area contributed by atoms with Crippen LogP contribution in [-0.4, -0.2) is 84.9 Å². The predicted octanol–water partition coefficient (Wildman–Crippen LogP) is -0.919. The van der Waals surface area contributed by atoms with Gasteiger partial charge in [0.1, 0.15) is 13.2 Å². The highest BCUT2D eigenvalue weighted by Crippen LogP contribution is 1.86. The Morgan fingerprint density at radius 2 is 1.42 bits per heavy atom. The Morgan fingerprint density at radius 3 is 2.00 bits per heavy atom. The Labute approximate surface area is 143 Å². The minimum absolute atomic E-state index is 0.169. The number of carbonyl (C=O) groups is 2. The van der Waals surface area contributed by atoms with Crippen molar-refractivity contribution in [2.24, 2.45) is 5.73 Å². The molecule has 0 atom stereocenters. The molecule has 9 nitrogen and oxygen atoms in total. The fraction of sp³-hybridized carbons (Fsp3) is 0.867. The molecular weight excluding hydrogens is 320 g/mol. The van der Waals surface area contributed by atoms with Gasteiger partial charge >= 0.3 is 5.97 Å². The predicted molar refractivity (Wildman–Crippen MR) is 86.6 cm³/mol.